The van der Waals surface area contributed by atoms with Gasteiger partial charge in [-0.05, 0) is 77.9 Å². The van der Waals surface area contributed by atoms with Gasteiger partial charge in [0, 0.05) is 11.5 Å². The fourth-order valence-electron chi connectivity index (χ4n) is 4.94. The molecule has 30 heavy (non-hydrogen) atoms. The van der Waals surface area contributed by atoms with Crippen molar-refractivity contribution in [3.8, 4) is 16.9 Å². The molecule has 5 rings (SSSR count). The lowest BCUT2D eigenvalue weighted by molar-refractivity contribution is 0.0998. The lowest BCUT2D eigenvalue weighted by Gasteiger charge is -2.25. The van der Waals surface area contributed by atoms with Crippen molar-refractivity contribution in [1.29, 1.82) is 0 Å². The van der Waals surface area contributed by atoms with E-state index in [0.717, 1.165) is 37.2 Å². The van der Waals surface area contributed by atoms with Crippen LogP contribution in [0.3, 0.4) is 0 Å². The minimum atomic E-state index is -0.367. The standard InChI is InChI=1S/C26H26N2O2/c27-26(29)23-10-9-18(15-24(23)17-11-13-28-14-12-17)30-16-25-21-7-3-1-5-19(21)20-6-2-4-8-22(20)25/h1-10,15,17,25,28H,11-14,16H2,(H2,27,29). The number of ether oxygens (including phenoxy) is 1. The molecule has 152 valence electrons. The van der Waals surface area contributed by atoms with E-state index in [1.165, 1.54) is 22.3 Å². The second kappa shape index (κ2) is 7.96. The Morgan fingerprint density at radius 3 is 2.17 bits per heavy atom. The van der Waals surface area contributed by atoms with Gasteiger partial charge in [-0.25, -0.2) is 0 Å². The third-order valence-electron chi connectivity index (χ3n) is 6.45. The zero-order valence-electron chi connectivity index (χ0n) is 16.9. The largest absolute Gasteiger partial charge is 0.493 e. The van der Waals surface area contributed by atoms with E-state index in [0.29, 0.717) is 18.1 Å². The van der Waals surface area contributed by atoms with Gasteiger partial charge in [0.05, 0.1) is 6.61 Å². The van der Waals surface area contributed by atoms with Crippen LogP contribution >= 0.6 is 0 Å². The molecule has 0 aromatic heterocycles. The van der Waals surface area contributed by atoms with Crippen LogP contribution in [-0.4, -0.2) is 25.6 Å². The number of piperidine rings is 1. The third-order valence-corrected chi connectivity index (χ3v) is 6.45. The summed E-state index contributed by atoms with van der Waals surface area (Å²) in [7, 11) is 0. The number of hydrogen-bond acceptors (Lipinski definition) is 3. The van der Waals surface area contributed by atoms with E-state index in [-0.39, 0.29) is 11.8 Å². The van der Waals surface area contributed by atoms with Gasteiger partial charge < -0.3 is 15.8 Å². The van der Waals surface area contributed by atoms with E-state index in [4.69, 9.17) is 10.5 Å². The molecule has 0 spiro atoms. The van der Waals surface area contributed by atoms with Gasteiger partial charge in [0.15, 0.2) is 0 Å². The van der Waals surface area contributed by atoms with Gasteiger partial charge in [0.1, 0.15) is 5.75 Å². The van der Waals surface area contributed by atoms with Crippen LogP contribution in [0, 0.1) is 0 Å². The molecule has 1 amide bonds. The predicted molar refractivity (Wildman–Crippen MR) is 119 cm³/mol. The van der Waals surface area contributed by atoms with Crippen LogP contribution in [0.2, 0.25) is 0 Å². The molecule has 0 saturated carbocycles. The highest BCUT2D eigenvalue weighted by Gasteiger charge is 2.28. The van der Waals surface area contributed by atoms with Crippen molar-refractivity contribution in [2.24, 2.45) is 5.73 Å². The quantitative estimate of drug-likeness (QED) is 0.668. The van der Waals surface area contributed by atoms with Gasteiger partial charge in [-0.1, -0.05) is 48.5 Å². The SMILES string of the molecule is NC(=O)c1ccc(OCC2c3ccccc3-c3ccccc32)cc1C1CCNCC1. The lowest BCUT2D eigenvalue weighted by Crippen LogP contribution is -2.28. The molecule has 0 atom stereocenters. The summed E-state index contributed by atoms with van der Waals surface area (Å²) in [4.78, 5) is 12.0. The summed E-state index contributed by atoms with van der Waals surface area (Å²) >= 11 is 0. The van der Waals surface area contributed by atoms with Crippen molar-refractivity contribution < 1.29 is 9.53 Å². The first-order valence-corrected chi connectivity index (χ1v) is 10.7. The molecule has 3 aromatic carbocycles. The Kier molecular flexibility index (Phi) is 5.01. The summed E-state index contributed by atoms with van der Waals surface area (Å²) in [5.74, 6) is 0.977. The molecule has 0 unspecified atom stereocenters. The van der Waals surface area contributed by atoms with Gasteiger partial charge in [-0.2, -0.15) is 0 Å². The zero-order valence-corrected chi connectivity index (χ0v) is 16.9. The first kappa shape index (κ1) is 18.9. The number of hydrogen-bond donors (Lipinski definition) is 2. The van der Waals surface area contributed by atoms with Crippen LogP contribution in [-0.2, 0) is 0 Å². The van der Waals surface area contributed by atoms with E-state index >= 15 is 0 Å². The van der Waals surface area contributed by atoms with E-state index in [1.807, 2.05) is 18.2 Å². The maximum atomic E-state index is 12.0. The Morgan fingerprint density at radius 2 is 1.53 bits per heavy atom. The number of primary amides is 1. The molecule has 0 radical (unpaired) electrons. The van der Waals surface area contributed by atoms with E-state index in [1.54, 1.807) is 0 Å². The molecule has 3 aromatic rings. The molecule has 2 aliphatic rings. The number of carbonyl (C=O) groups is 1. The maximum absolute atomic E-state index is 12.0. The average molecular weight is 399 g/mol. The minimum Gasteiger partial charge on any atom is -0.493 e. The van der Waals surface area contributed by atoms with Gasteiger partial charge in [0.25, 0.3) is 0 Å². The Labute approximate surface area is 177 Å². The van der Waals surface area contributed by atoms with Crippen molar-refractivity contribution in [3.05, 3.63) is 89.0 Å². The van der Waals surface area contributed by atoms with Crippen LogP contribution in [0.5, 0.6) is 5.75 Å². The van der Waals surface area contributed by atoms with Gasteiger partial charge >= 0.3 is 0 Å². The normalized spacial score (nSPS) is 16.1. The molecule has 1 aliphatic heterocycles. The van der Waals surface area contributed by atoms with Crippen molar-refractivity contribution in [3.63, 3.8) is 0 Å². The highest BCUT2D eigenvalue weighted by molar-refractivity contribution is 5.94. The maximum Gasteiger partial charge on any atom is 0.248 e. The number of benzene rings is 3. The Bertz CT molecular complexity index is 1040. The summed E-state index contributed by atoms with van der Waals surface area (Å²) in [6, 6.07) is 22.9. The van der Waals surface area contributed by atoms with E-state index in [9.17, 15) is 4.79 Å². The molecule has 0 bridgehead atoms. The van der Waals surface area contributed by atoms with Crippen molar-refractivity contribution >= 4 is 5.91 Å². The first-order valence-electron chi connectivity index (χ1n) is 10.7. The van der Waals surface area contributed by atoms with E-state index in [2.05, 4.69) is 53.8 Å². The van der Waals surface area contributed by atoms with Gasteiger partial charge in [-0.3, -0.25) is 4.79 Å². The number of rotatable bonds is 5. The second-order valence-electron chi connectivity index (χ2n) is 8.18. The predicted octanol–water partition coefficient (Wildman–Crippen LogP) is 4.44. The molecule has 1 aliphatic carbocycles. The molecule has 4 nitrogen and oxygen atoms in total. The van der Waals surface area contributed by atoms with Crippen LogP contribution in [0.15, 0.2) is 66.7 Å². The fourth-order valence-corrected chi connectivity index (χ4v) is 4.94. The van der Waals surface area contributed by atoms with Crippen molar-refractivity contribution in [2.45, 2.75) is 24.7 Å². The molecule has 1 heterocycles. The topological polar surface area (TPSA) is 64.4 Å². The molecule has 3 N–H and O–H groups in total. The zero-order chi connectivity index (χ0) is 20.5. The first-order chi connectivity index (χ1) is 14.7. The van der Waals surface area contributed by atoms with Crippen LogP contribution in [0.4, 0.5) is 0 Å². The number of fused-ring (bicyclic) bond motifs is 3. The van der Waals surface area contributed by atoms with Crippen LogP contribution in [0.1, 0.15) is 51.7 Å². The lowest BCUT2D eigenvalue weighted by atomic mass is 9.86. The Hall–Kier alpha value is -3.11. The molecular weight excluding hydrogens is 372 g/mol. The highest BCUT2D eigenvalue weighted by Crippen LogP contribution is 2.44. The number of nitrogens with two attached hydrogens (primary N) is 1. The van der Waals surface area contributed by atoms with Gasteiger partial charge in [-0.15, -0.1) is 0 Å². The number of amides is 1. The van der Waals surface area contributed by atoms with E-state index < -0.39 is 0 Å². The van der Waals surface area contributed by atoms with Crippen molar-refractivity contribution in [2.75, 3.05) is 19.7 Å². The van der Waals surface area contributed by atoms with Gasteiger partial charge in [0.2, 0.25) is 5.91 Å². The summed E-state index contributed by atoms with van der Waals surface area (Å²) in [6.45, 7) is 2.49. The number of nitrogens with one attached hydrogen (secondary N) is 1. The summed E-state index contributed by atoms with van der Waals surface area (Å²) in [5, 5.41) is 3.38. The summed E-state index contributed by atoms with van der Waals surface area (Å²) < 4.78 is 6.30. The minimum absolute atomic E-state index is 0.204. The third kappa shape index (κ3) is 3.37. The molecule has 1 fully saturated rings. The smallest absolute Gasteiger partial charge is 0.248 e. The highest BCUT2D eigenvalue weighted by atomic mass is 16.5. The monoisotopic (exact) mass is 398 g/mol. The number of carbonyl (C=O) groups excluding carboxylic acids is 1. The van der Waals surface area contributed by atoms with Crippen molar-refractivity contribution in [1.82, 2.24) is 5.32 Å². The summed E-state index contributed by atoms with van der Waals surface area (Å²) in [6.07, 6.45) is 2.01. The Balaban J connectivity index is 1.42. The molecular formula is C26H26N2O2. The fraction of sp³-hybridized carbons (Fsp3) is 0.269. The Morgan fingerprint density at radius 1 is 0.900 bits per heavy atom. The molecule has 1 saturated heterocycles. The molecule has 4 heteroatoms. The summed E-state index contributed by atoms with van der Waals surface area (Å²) in [5.41, 5.74) is 12.5. The van der Waals surface area contributed by atoms with Crippen LogP contribution < -0.4 is 15.8 Å². The second-order valence-corrected chi connectivity index (χ2v) is 8.18. The average Bonchev–Trinajstić information content (AvgIpc) is 3.12. The van der Waals surface area contributed by atoms with Crippen LogP contribution in [0.25, 0.3) is 11.1 Å².